The highest BCUT2D eigenvalue weighted by molar-refractivity contribution is 9.10. The van der Waals surface area contributed by atoms with E-state index >= 15 is 0 Å². The smallest absolute Gasteiger partial charge is 0.268 e. The molecule has 1 aromatic carbocycles. The summed E-state index contributed by atoms with van der Waals surface area (Å²) in [5.74, 6) is -0.0426. The van der Waals surface area contributed by atoms with Crippen LogP contribution >= 0.6 is 27.3 Å². The number of thiophene rings is 1. The fraction of sp³-hybridized carbons (Fsp3) is 0.250. The van der Waals surface area contributed by atoms with E-state index in [4.69, 9.17) is 0 Å². The highest BCUT2D eigenvalue weighted by Gasteiger charge is 2.18. The van der Waals surface area contributed by atoms with E-state index in [9.17, 15) is 4.79 Å². The monoisotopic (exact) mass is 416 g/mol. The van der Waals surface area contributed by atoms with Gasteiger partial charge in [0.05, 0.1) is 14.7 Å². The molecule has 0 aliphatic rings. The molecule has 0 spiro atoms. The van der Waals surface area contributed by atoms with Gasteiger partial charge in [-0.15, -0.1) is 11.3 Å². The zero-order valence-corrected chi connectivity index (χ0v) is 17.0. The number of aromatic nitrogens is 1. The fourth-order valence-electron chi connectivity index (χ4n) is 2.78. The van der Waals surface area contributed by atoms with Crippen molar-refractivity contribution in [3.63, 3.8) is 0 Å². The number of benzene rings is 1. The average molecular weight is 417 g/mol. The van der Waals surface area contributed by atoms with Crippen molar-refractivity contribution in [2.45, 2.75) is 33.9 Å². The Balaban J connectivity index is 1.87. The molecule has 3 rings (SSSR count). The van der Waals surface area contributed by atoms with Gasteiger partial charge in [-0.1, -0.05) is 41.5 Å². The fourth-order valence-corrected chi connectivity index (χ4v) is 4.47. The number of fused-ring (bicyclic) bond motifs is 1. The molecule has 2 aromatic heterocycles. The Morgan fingerprint density at radius 1 is 1.32 bits per heavy atom. The van der Waals surface area contributed by atoms with Gasteiger partial charge in [-0.05, 0) is 48.3 Å². The predicted molar refractivity (Wildman–Crippen MR) is 109 cm³/mol. The van der Waals surface area contributed by atoms with Gasteiger partial charge in [0, 0.05) is 18.5 Å². The Labute approximate surface area is 160 Å². The summed E-state index contributed by atoms with van der Waals surface area (Å²) in [7, 11) is 0. The quantitative estimate of drug-likeness (QED) is 0.534. The molecule has 0 aliphatic carbocycles. The number of aryl methyl sites for hydroxylation is 1. The van der Waals surface area contributed by atoms with E-state index in [1.807, 2.05) is 18.2 Å². The van der Waals surface area contributed by atoms with E-state index in [0.29, 0.717) is 18.8 Å². The number of nitrogens with one attached hydrogen (secondary N) is 1. The third-order valence-electron chi connectivity index (χ3n) is 4.03. The van der Waals surface area contributed by atoms with Gasteiger partial charge in [0.1, 0.15) is 5.69 Å². The van der Waals surface area contributed by atoms with Crippen LogP contribution in [-0.2, 0) is 13.1 Å². The van der Waals surface area contributed by atoms with Gasteiger partial charge in [0.25, 0.3) is 5.91 Å². The molecule has 0 radical (unpaired) electrons. The molecule has 0 atom stereocenters. The summed E-state index contributed by atoms with van der Waals surface area (Å²) in [4.78, 5) is 12.8. The summed E-state index contributed by atoms with van der Waals surface area (Å²) in [5.41, 5.74) is 5.33. The van der Waals surface area contributed by atoms with Crippen molar-refractivity contribution in [1.29, 1.82) is 0 Å². The number of amides is 1. The first-order valence-electron chi connectivity index (χ1n) is 8.19. The summed E-state index contributed by atoms with van der Waals surface area (Å²) in [6.07, 6.45) is 2.14. The molecule has 3 aromatic rings. The Bertz CT molecular complexity index is 948. The Kier molecular flexibility index (Phi) is 5.45. The van der Waals surface area contributed by atoms with Gasteiger partial charge in [0.2, 0.25) is 0 Å². The maximum Gasteiger partial charge on any atom is 0.268 e. The van der Waals surface area contributed by atoms with Gasteiger partial charge in [0.15, 0.2) is 0 Å². The molecular formula is C20H21BrN2OS. The van der Waals surface area contributed by atoms with E-state index in [2.05, 4.69) is 70.2 Å². The number of allylic oxidation sites excluding steroid dienone is 2. The topological polar surface area (TPSA) is 34.0 Å². The second kappa shape index (κ2) is 7.58. The molecule has 130 valence electrons. The standard InChI is InChI=1S/C20H21BrN2OS/c1-13(2)7-8-23-17(10-18-19(23)16(21)12-25-18)20(24)22-11-15-6-4-5-14(3)9-15/h4-7,9-10,12H,8,11H2,1-3H3,(H,22,24). The lowest BCUT2D eigenvalue weighted by Gasteiger charge is -2.10. The van der Waals surface area contributed by atoms with Gasteiger partial charge in [-0.25, -0.2) is 0 Å². The number of halogens is 1. The van der Waals surface area contributed by atoms with E-state index in [1.165, 1.54) is 11.1 Å². The lowest BCUT2D eigenvalue weighted by molar-refractivity contribution is 0.0942. The Hall–Kier alpha value is -1.85. The van der Waals surface area contributed by atoms with Crippen molar-refractivity contribution in [2.24, 2.45) is 0 Å². The van der Waals surface area contributed by atoms with Crippen LogP contribution < -0.4 is 5.32 Å². The minimum atomic E-state index is -0.0426. The number of rotatable bonds is 5. The van der Waals surface area contributed by atoms with E-state index in [-0.39, 0.29) is 5.91 Å². The van der Waals surface area contributed by atoms with Crippen LogP contribution in [0.25, 0.3) is 10.2 Å². The van der Waals surface area contributed by atoms with Crippen molar-refractivity contribution in [3.05, 3.63) is 68.7 Å². The molecule has 0 unspecified atom stereocenters. The first-order chi connectivity index (χ1) is 12.0. The normalized spacial score (nSPS) is 10.9. The van der Waals surface area contributed by atoms with Crippen LogP contribution in [0.5, 0.6) is 0 Å². The van der Waals surface area contributed by atoms with Crippen molar-refractivity contribution in [3.8, 4) is 0 Å². The number of hydrogen-bond donors (Lipinski definition) is 1. The third kappa shape index (κ3) is 4.05. The first kappa shape index (κ1) is 18.0. The summed E-state index contributed by atoms with van der Waals surface area (Å²) in [5, 5.41) is 5.12. The first-order valence-corrected chi connectivity index (χ1v) is 9.86. The maximum atomic E-state index is 12.8. The molecule has 1 N–H and O–H groups in total. The highest BCUT2D eigenvalue weighted by atomic mass is 79.9. The molecule has 25 heavy (non-hydrogen) atoms. The summed E-state index contributed by atoms with van der Waals surface area (Å²) in [6, 6.07) is 10.2. The van der Waals surface area contributed by atoms with Crippen LogP contribution in [0.2, 0.25) is 0 Å². The molecule has 0 aliphatic heterocycles. The lowest BCUT2D eigenvalue weighted by Crippen LogP contribution is -2.25. The van der Waals surface area contributed by atoms with Crippen molar-refractivity contribution in [2.75, 3.05) is 0 Å². The molecule has 0 saturated heterocycles. The molecule has 0 bridgehead atoms. The minimum absolute atomic E-state index is 0.0426. The van der Waals surface area contributed by atoms with E-state index in [0.717, 1.165) is 20.3 Å². The second-order valence-electron chi connectivity index (χ2n) is 6.39. The average Bonchev–Trinajstić information content (AvgIpc) is 3.11. The summed E-state index contributed by atoms with van der Waals surface area (Å²) < 4.78 is 4.23. The minimum Gasteiger partial charge on any atom is -0.347 e. The zero-order valence-electron chi connectivity index (χ0n) is 14.6. The number of carbonyl (C=O) groups excluding carboxylic acids is 1. The zero-order chi connectivity index (χ0) is 18.0. The third-order valence-corrected chi connectivity index (χ3v) is 5.85. The molecule has 5 heteroatoms. The van der Waals surface area contributed by atoms with Gasteiger partial charge < -0.3 is 9.88 Å². The van der Waals surface area contributed by atoms with Crippen LogP contribution in [0, 0.1) is 6.92 Å². The van der Waals surface area contributed by atoms with E-state index in [1.54, 1.807) is 11.3 Å². The summed E-state index contributed by atoms with van der Waals surface area (Å²) >= 11 is 5.26. The molecule has 1 amide bonds. The highest BCUT2D eigenvalue weighted by Crippen LogP contribution is 2.33. The Morgan fingerprint density at radius 2 is 2.12 bits per heavy atom. The molecule has 2 heterocycles. The van der Waals surface area contributed by atoms with Gasteiger partial charge in [-0.3, -0.25) is 4.79 Å². The number of carbonyl (C=O) groups is 1. The van der Waals surface area contributed by atoms with Crippen molar-refractivity contribution < 1.29 is 4.79 Å². The lowest BCUT2D eigenvalue weighted by atomic mass is 10.1. The summed E-state index contributed by atoms with van der Waals surface area (Å²) in [6.45, 7) is 7.42. The van der Waals surface area contributed by atoms with Crippen LogP contribution in [0.1, 0.15) is 35.5 Å². The van der Waals surface area contributed by atoms with Gasteiger partial charge >= 0.3 is 0 Å². The number of nitrogens with zero attached hydrogens (tertiary/aromatic N) is 1. The van der Waals surface area contributed by atoms with E-state index < -0.39 is 0 Å². The van der Waals surface area contributed by atoms with Crippen LogP contribution in [0.4, 0.5) is 0 Å². The maximum absolute atomic E-state index is 12.8. The SMILES string of the molecule is CC(C)=CCn1c(C(=O)NCc2cccc(C)c2)cc2scc(Br)c21. The second-order valence-corrected chi connectivity index (χ2v) is 8.16. The van der Waals surface area contributed by atoms with Crippen LogP contribution in [0.3, 0.4) is 0 Å². The van der Waals surface area contributed by atoms with Crippen LogP contribution in [-0.4, -0.2) is 10.5 Å². The Morgan fingerprint density at radius 3 is 2.84 bits per heavy atom. The largest absolute Gasteiger partial charge is 0.347 e. The van der Waals surface area contributed by atoms with Crippen molar-refractivity contribution >= 4 is 43.4 Å². The van der Waals surface area contributed by atoms with Crippen molar-refractivity contribution in [1.82, 2.24) is 9.88 Å². The predicted octanol–water partition coefficient (Wildman–Crippen LogP) is 5.67. The number of hydrogen-bond acceptors (Lipinski definition) is 2. The molecular weight excluding hydrogens is 396 g/mol. The van der Waals surface area contributed by atoms with Crippen LogP contribution in [0.15, 0.2) is 51.8 Å². The molecule has 3 nitrogen and oxygen atoms in total. The van der Waals surface area contributed by atoms with Gasteiger partial charge in [-0.2, -0.15) is 0 Å². The molecule has 0 saturated carbocycles. The molecule has 0 fully saturated rings.